The van der Waals surface area contributed by atoms with E-state index >= 15 is 0 Å². The Morgan fingerprint density at radius 3 is 2.50 bits per heavy atom. The molecular weight excluding hydrogens is 360 g/mol. The van der Waals surface area contributed by atoms with Gasteiger partial charge in [-0.05, 0) is 29.8 Å². The minimum atomic E-state index is -0.240. The summed E-state index contributed by atoms with van der Waals surface area (Å²) in [4.78, 5) is 21.2. The van der Waals surface area contributed by atoms with Crippen LogP contribution in [0, 0.1) is 0 Å². The van der Waals surface area contributed by atoms with Gasteiger partial charge < -0.3 is 19.5 Å². The molecule has 1 unspecified atom stereocenters. The molecular formula is C20H20N4O4. The molecule has 3 aromatic rings. The molecule has 0 saturated heterocycles. The van der Waals surface area contributed by atoms with Crippen molar-refractivity contribution in [3.05, 3.63) is 54.2 Å². The summed E-state index contributed by atoms with van der Waals surface area (Å²) in [5.74, 6) is 1.90. The van der Waals surface area contributed by atoms with Crippen LogP contribution in [0.15, 0.2) is 43.0 Å². The molecule has 1 atom stereocenters. The number of benzene rings is 1. The molecule has 0 aliphatic carbocycles. The first kappa shape index (κ1) is 17.8. The number of aromatic nitrogens is 3. The number of methoxy groups -OCH3 is 3. The number of imidazole rings is 1. The summed E-state index contributed by atoms with van der Waals surface area (Å²) in [5, 5.41) is 2.93. The van der Waals surface area contributed by atoms with Crippen LogP contribution in [0.25, 0.3) is 5.69 Å². The van der Waals surface area contributed by atoms with Crippen LogP contribution in [0.3, 0.4) is 0 Å². The second-order valence-electron chi connectivity index (χ2n) is 6.32. The van der Waals surface area contributed by atoms with Crippen molar-refractivity contribution >= 4 is 11.7 Å². The topological polar surface area (TPSA) is 87.5 Å². The Labute approximate surface area is 162 Å². The molecule has 0 radical (unpaired) electrons. The van der Waals surface area contributed by atoms with Crippen LogP contribution in [0.4, 0.5) is 5.82 Å². The van der Waals surface area contributed by atoms with Gasteiger partial charge in [-0.15, -0.1) is 0 Å². The zero-order chi connectivity index (χ0) is 19.7. The smallest absolute Gasteiger partial charge is 0.226 e. The molecule has 0 spiro atoms. The number of fused-ring (bicyclic) bond motifs is 1. The Hall–Kier alpha value is -3.55. The van der Waals surface area contributed by atoms with Crippen LogP contribution in [0.2, 0.25) is 0 Å². The fourth-order valence-corrected chi connectivity index (χ4v) is 3.48. The Morgan fingerprint density at radius 1 is 1.14 bits per heavy atom. The van der Waals surface area contributed by atoms with Gasteiger partial charge in [0.05, 0.1) is 38.9 Å². The van der Waals surface area contributed by atoms with Crippen molar-refractivity contribution in [2.75, 3.05) is 26.6 Å². The molecule has 8 nitrogen and oxygen atoms in total. The molecule has 1 N–H and O–H groups in total. The quantitative estimate of drug-likeness (QED) is 0.732. The number of carbonyl (C=O) groups excluding carboxylic acids is 1. The lowest BCUT2D eigenvalue weighted by atomic mass is 9.89. The van der Waals surface area contributed by atoms with Gasteiger partial charge in [-0.25, -0.2) is 4.98 Å². The summed E-state index contributed by atoms with van der Waals surface area (Å²) < 4.78 is 18.1. The Balaban J connectivity index is 1.83. The van der Waals surface area contributed by atoms with E-state index in [0.29, 0.717) is 23.1 Å². The van der Waals surface area contributed by atoms with Crippen LogP contribution in [-0.4, -0.2) is 41.8 Å². The summed E-state index contributed by atoms with van der Waals surface area (Å²) in [6, 6.07) is 7.46. The maximum Gasteiger partial charge on any atom is 0.226 e. The SMILES string of the molecule is COc1cc(C2CC(=O)Nc3c2ncn3-c2cccnc2)cc(OC)c1OC. The number of hydrogen-bond acceptors (Lipinski definition) is 6. The van der Waals surface area contributed by atoms with Gasteiger partial charge in [0.15, 0.2) is 11.5 Å². The van der Waals surface area contributed by atoms with Crippen LogP contribution < -0.4 is 19.5 Å². The minimum Gasteiger partial charge on any atom is -0.493 e. The highest BCUT2D eigenvalue weighted by Crippen LogP contribution is 2.44. The van der Waals surface area contributed by atoms with Crippen LogP contribution in [0.5, 0.6) is 17.2 Å². The maximum absolute atomic E-state index is 12.5. The van der Waals surface area contributed by atoms with E-state index in [2.05, 4.69) is 15.3 Å². The van der Waals surface area contributed by atoms with E-state index in [0.717, 1.165) is 16.9 Å². The zero-order valence-electron chi connectivity index (χ0n) is 15.8. The predicted octanol–water partition coefficient (Wildman–Crippen LogP) is 2.77. The van der Waals surface area contributed by atoms with E-state index in [9.17, 15) is 4.79 Å². The summed E-state index contributed by atoms with van der Waals surface area (Å²) in [6.07, 6.45) is 5.38. The summed E-state index contributed by atoms with van der Waals surface area (Å²) in [6.45, 7) is 0. The number of hydrogen-bond donors (Lipinski definition) is 1. The van der Waals surface area contributed by atoms with Crippen LogP contribution in [0.1, 0.15) is 23.6 Å². The number of nitrogens with one attached hydrogen (secondary N) is 1. The molecule has 2 aromatic heterocycles. The third-order valence-electron chi connectivity index (χ3n) is 4.79. The summed E-state index contributed by atoms with van der Waals surface area (Å²) >= 11 is 0. The molecule has 0 saturated carbocycles. The van der Waals surface area contributed by atoms with Crippen molar-refractivity contribution in [2.24, 2.45) is 0 Å². The molecule has 0 bridgehead atoms. The molecule has 144 valence electrons. The standard InChI is InChI=1S/C20H20N4O4/c1-26-15-7-12(8-16(27-2)19(15)28-3)14-9-17(25)23-20-18(14)22-11-24(20)13-5-4-6-21-10-13/h4-8,10-11,14H,9H2,1-3H3,(H,23,25). The van der Waals surface area contributed by atoms with E-state index in [-0.39, 0.29) is 18.2 Å². The molecule has 0 fully saturated rings. The fraction of sp³-hybridized carbons (Fsp3) is 0.250. The highest BCUT2D eigenvalue weighted by Gasteiger charge is 2.32. The van der Waals surface area contributed by atoms with Gasteiger partial charge in [-0.2, -0.15) is 0 Å². The van der Waals surface area contributed by atoms with E-state index in [4.69, 9.17) is 14.2 Å². The third-order valence-corrected chi connectivity index (χ3v) is 4.79. The van der Waals surface area contributed by atoms with Crippen molar-refractivity contribution < 1.29 is 19.0 Å². The Kier molecular flexibility index (Phi) is 4.60. The fourth-order valence-electron chi connectivity index (χ4n) is 3.48. The first-order valence-electron chi connectivity index (χ1n) is 8.73. The summed E-state index contributed by atoms with van der Waals surface area (Å²) in [7, 11) is 4.69. The van der Waals surface area contributed by atoms with Crippen molar-refractivity contribution in [1.29, 1.82) is 0 Å². The van der Waals surface area contributed by atoms with E-state index in [1.54, 1.807) is 40.1 Å². The normalized spacial score (nSPS) is 15.5. The lowest BCUT2D eigenvalue weighted by Crippen LogP contribution is -2.25. The van der Waals surface area contributed by atoms with Gasteiger partial charge in [0.25, 0.3) is 0 Å². The average Bonchev–Trinajstić information content (AvgIpc) is 3.16. The van der Waals surface area contributed by atoms with Gasteiger partial charge in [-0.1, -0.05) is 0 Å². The molecule has 4 rings (SSSR count). The largest absolute Gasteiger partial charge is 0.493 e. The number of amides is 1. The maximum atomic E-state index is 12.5. The molecule has 28 heavy (non-hydrogen) atoms. The second-order valence-corrected chi connectivity index (χ2v) is 6.32. The van der Waals surface area contributed by atoms with E-state index in [1.807, 2.05) is 28.8 Å². The van der Waals surface area contributed by atoms with Crippen LogP contribution >= 0.6 is 0 Å². The molecule has 8 heteroatoms. The Morgan fingerprint density at radius 2 is 1.89 bits per heavy atom. The molecule has 1 amide bonds. The van der Waals surface area contributed by atoms with Gasteiger partial charge in [-0.3, -0.25) is 14.3 Å². The van der Waals surface area contributed by atoms with Gasteiger partial charge >= 0.3 is 0 Å². The van der Waals surface area contributed by atoms with E-state index < -0.39 is 0 Å². The average molecular weight is 380 g/mol. The first-order valence-corrected chi connectivity index (χ1v) is 8.73. The number of rotatable bonds is 5. The number of nitrogens with zero attached hydrogens (tertiary/aromatic N) is 3. The number of carbonyl (C=O) groups is 1. The minimum absolute atomic E-state index is 0.0862. The van der Waals surface area contributed by atoms with Crippen molar-refractivity contribution in [2.45, 2.75) is 12.3 Å². The van der Waals surface area contributed by atoms with Gasteiger partial charge in [0, 0.05) is 18.5 Å². The highest BCUT2D eigenvalue weighted by molar-refractivity contribution is 5.94. The molecule has 1 aromatic carbocycles. The second kappa shape index (κ2) is 7.22. The highest BCUT2D eigenvalue weighted by atomic mass is 16.5. The first-order chi connectivity index (χ1) is 13.7. The predicted molar refractivity (Wildman–Crippen MR) is 103 cm³/mol. The molecule has 1 aliphatic heterocycles. The van der Waals surface area contributed by atoms with Crippen molar-refractivity contribution in [1.82, 2.24) is 14.5 Å². The Bertz CT molecular complexity index is 991. The van der Waals surface area contributed by atoms with Gasteiger partial charge in [0.2, 0.25) is 11.7 Å². The van der Waals surface area contributed by atoms with Crippen molar-refractivity contribution in [3.8, 4) is 22.9 Å². The molecule has 1 aliphatic rings. The lowest BCUT2D eigenvalue weighted by Gasteiger charge is -2.24. The zero-order valence-corrected chi connectivity index (χ0v) is 15.8. The number of pyridine rings is 1. The third kappa shape index (κ3) is 2.92. The van der Waals surface area contributed by atoms with Crippen LogP contribution in [-0.2, 0) is 4.79 Å². The summed E-state index contributed by atoms with van der Waals surface area (Å²) in [5.41, 5.74) is 2.46. The monoisotopic (exact) mass is 380 g/mol. The van der Waals surface area contributed by atoms with Gasteiger partial charge in [0.1, 0.15) is 12.1 Å². The number of ether oxygens (including phenoxy) is 3. The van der Waals surface area contributed by atoms with E-state index in [1.165, 1.54) is 0 Å². The number of anilines is 1. The van der Waals surface area contributed by atoms with Crippen molar-refractivity contribution in [3.63, 3.8) is 0 Å². The lowest BCUT2D eigenvalue weighted by molar-refractivity contribution is -0.116. The molecule has 3 heterocycles.